The number of methoxy groups -OCH3 is 3. The van der Waals surface area contributed by atoms with Gasteiger partial charge < -0.3 is 30.0 Å². The Morgan fingerprint density at radius 2 is 1.76 bits per heavy atom. The molecular formula is C22H37N3O4. The molecular weight excluding hydrogens is 370 g/mol. The SMILES string of the molecule is CCNC(=NCC1(CCOC)CCCC1)NCC(O)c1cc(OC)cc(OC)c1. The molecule has 0 saturated heterocycles. The summed E-state index contributed by atoms with van der Waals surface area (Å²) in [7, 11) is 4.95. The second kappa shape index (κ2) is 11.9. The van der Waals surface area contributed by atoms with Crippen molar-refractivity contribution in [3.63, 3.8) is 0 Å². The van der Waals surface area contributed by atoms with Crippen LogP contribution in [-0.4, -0.2) is 58.6 Å². The lowest BCUT2D eigenvalue weighted by molar-refractivity contribution is 0.141. The van der Waals surface area contributed by atoms with E-state index in [1.165, 1.54) is 25.7 Å². The maximum atomic E-state index is 10.7. The van der Waals surface area contributed by atoms with E-state index in [1.54, 1.807) is 27.4 Å². The number of rotatable bonds is 11. The van der Waals surface area contributed by atoms with Gasteiger partial charge in [-0.05, 0) is 49.3 Å². The number of aliphatic hydroxyl groups excluding tert-OH is 1. The third kappa shape index (κ3) is 7.08. The van der Waals surface area contributed by atoms with Crippen LogP contribution in [0.4, 0.5) is 0 Å². The average Bonchev–Trinajstić information content (AvgIpc) is 3.22. The predicted molar refractivity (Wildman–Crippen MR) is 116 cm³/mol. The van der Waals surface area contributed by atoms with Gasteiger partial charge in [0.15, 0.2) is 5.96 Å². The molecule has 164 valence electrons. The normalized spacial score (nSPS) is 17.1. The average molecular weight is 408 g/mol. The third-order valence-corrected chi connectivity index (χ3v) is 5.64. The number of aliphatic imine (C=N–C) groups is 1. The zero-order chi connectivity index (χ0) is 21.1. The van der Waals surface area contributed by atoms with Crippen LogP contribution in [0.25, 0.3) is 0 Å². The zero-order valence-corrected chi connectivity index (χ0v) is 18.3. The summed E-state index contributed by atoms with van der Waals surface area (Å²) in [4.78, 5) is 4.83. The quantitative estimate of drug-likeness (QED) is 0.386. The lowest BCUT2D eigenvalue weighted by atomic mass is 9.83. The Morgan fingerprint density at radius 1 is 1.10 bits per heavy atom. The Balaban J connectivity index is 2.01. The molecule has 7 heteroatoms. The molecule has 1 aliphatic rings. The van der Waals surface area contributed by atoms with Crippen LogP contribution in [-0.2, 0) is 4.74 Å². The minimum Gasteiger partial charge on any atom is -0.497 e. The fraction of sp³-hybridized carbons (Fsp3) is 0.682. The van der Waals surface area contributed by atoms with Gasteiger partial charge in [0.2, 0.25) is 0 Å². The topological polar surface area (TPSA) is 84.3 Å². The third-order valence-electron chi connectivity index (χ3n) is 5.64. The van der Waals surface area contributed by atoms with Gasteiger partial charge >= 0.3 is 0 Å². The summed E-state index contributed by atoms with van der Waals surface area (Å²) in [6.45, 7) is 4.69. The maximum Gasteiger partial charge on any atom is 0.191 e. The summed E-state index contributed by atoms with van der Waals surface area (Å²) >= 11 is 0. The highest BCUT2D eigenvalue weighted by Crippen LogP contribution is 2.41. The van der Waals surface area contributed by atoms with E-state index in [-0.39, 0.29) is 5.41 Å². The van der Waals surface area contributed by atoms with Crippen molar-refractivity contribution in [1.29, 1.82) is 0 Å². The van der Waals surface area contributed by atoms with Gasteiger partial charge in [-0.15, -0.1) is 0 Å². The first-order chi connectivity index (χ1) is 14.1. The molecule has 7 nitrogen and oxygen atoms in total. The summed E-state index contributed by atoms with van der Waals surface area (Å²) in [6.07, 6.45) is 5.26. The van der Waals surface area contributed by atoms with Gasteiger partial charge in [0.25, 0.3) is 0 Å². The van der Waals surface area contributed by atoms with Crippen molar-refractivity contribution in [3.05, 3.63) is 23.8 Å². The monoisotopic (exact) mass is 407 g/mol. The minimum absolute atomic E-state index is 0.233. The molecule has 0 heterocycles. The Kier molecular flexibility index (Phi) is 9.54. The summed E-state index contributed by atoms with van der Waals surface area (Å²) < 4.78 is 15.9. The highest BCUT2D eigenvalue weighted by Gasteiger charge is 2.33. The molecule has 1 aromatic carbocycles. The summed E-state index contributed by atoms with van der Waals surface area (Å²) in [5.74, 6) is 2.03. The maximum absolute atomic E-state index is 10.7. The van der Waals surface area contributed by atoms with Crippen LogP contribution in [0, 0.1) is 5.41 Å². The second-order valence-electron chi connectivity index (χ2n) is 7.69. The van der Waals surface area contributed by atoms with Crippen molar-refractivity contribution >= 4 is 5.96 Å². The molecule has 0 amide bonds. The molecule has 1 unspecified atom stereocenters. The van der Waals surface area contributed by atoms with E-state index >= 15 is 0 Å². The zero-order valence-electron chi connectivity index (χ0n) is 18.3. The molecule has 0 bridgehead atoms. The van der Waals surface area contributed by atoms with Crippen LogP contribution in [0.5, 0.6) is 11.5 Å². The fourth-order valence-corrected chi connectivity index (χ4v) is 3.85. The van der Waals surface area contributed by atoms with Gasteiger partial charge in [-0.3, -0.25) is 4.99 Å². The molecule has 0 aromatic heterocycles. The number of aliphatic hydroxyl groups is 1. The van der Waals surface area contributed by atoms with E-state index in [0.29, 0.717) is 18.0 Å². The van der Waals surface area contributed by atoms with E-state index in [2.05, 4.69) is 10.6 Å². The minimum atomic E-state index is -0.711. The Labute approximate surface area is 174 Å². The molecule has 1 aliphatic carbocycles. The van der Waals surface area contributed by atoms with Crippen molar-refractivity contribution in [2.75, 3.05) is 47.6 Å². The van der Waals surface area contributed by atoms with Gasteiger partial charge in [-0.1, -0.05) is 12.8 Å². The number of hydrogen-bond acceptors (Lipinski definition) is 5. The van der Waals surface area contributed by atoms with Crippen molar-refractivity contribution in [3.8, 4) is 11.5 Å². The number of guanidine groups is 1. The first-order valence-corrected chi connectivity index (χ1v) is 10.5. The number of nitrogens with one attached hydrogen (secondary N) is 2. The number of benzene rings is 1. The molecule has 1 fully saturated rings. The summed E-state index contributed by atoms with van der Waals surface area (Å²) in [5, 5.41) is 17.2. The second-order valence-corrected chi connectivity index (χ2v) is 7.69. The van der Waals surface area contributed by atoms with Gasteiger partial charge in [-0.25, -0.2) is 0 Å². The van der Waals surface area contributed by atoms with Crippen molar-refractivity contribution < 1.29 is 19.3 Å². The van der Waals surface area contributed by atoms with E-state index in [1.807, 2.05) is 19.1 Å². The highest BCUT2D eigenvalue weighted by atomic mass is 16.5. The molecule has 2 rings (SSSR count). The van der Waals surface area contributed by atoms with Crippen LogP contribution in [0.1, 0.15) is 50.7 Å². The number of hydrogen-bond donors (Lipinski definition) is 3. The van der Waals surface area contributed by atoms with Crippen LogP contribution in [0.15, 0.2) is 23.2 Å². The lowest BCUT2D eigenvalue weighted by Crippen LogP contribution is -2.40. The van der Waals surface area contributed by atoms with Crippen molar-refractivity contribution in [2.45, 2.75) is 45.1 Å². The van der Waals surface area contributed by atoms with Gasteiger partial charge in [0.1, 0.15) is 11.5 Å². The Morgan fingerprint density at radius 3 is 2.31 bits per heavy atom. The Hall–Kier alpha value is -1.99. The van der Waals surface area contributed by atoms with Gasteiger partial charge in [-0.2, -0.15) is 0 Å². The van der Waals surface area contributed by atoms with Crippen LogP contribution in [0.3, 0.4) is 0 Å². The van der Waals surface area contributed by atoms with Crippen molar-refractivity contribution in [2.24, 2.45) is 10.4 Å². The number of ether oxygens (including phenoxy) is 3. The molecule has 1 atom stereocenters. The first kappa shape index (κ1) is 23.3. The smallest absolute Gasteiger partial charge is 0.191 e. The van der Waals surface area contributed by atoms with Crippen LogP contribution >= 0.6 is 0 Å². The van der Waals surface area contributed by atoms with Crippen molar-refractivity contribution in [1.82, 2.24) is 10.6 Å². The lowest BCUT2D eigenvalue weighted by Gasteiger charge is -2.27. The summed E-state index contributed by atoms with van der Waals surface area (Å²) in [6, 6.07) is 5.42. The number of nitrogens with zero attached hydrogens (tertiary/aromatic N) is 1. The molecule has 1 saturated carbocycles. The Bertz CT molecular complexity index is 623. The largest absolute Gasteiger partial charge is 0.497 e. The van der Waals surface area contributed by atoms with Crippen LogP contribution in [0.2, 0.25) is 0 Å². The van der Waals surface area contributed by atoms with Crippen LogP contribution < -0.4 is 20.1 Å². The molecule has 1 aromatic rings. The predicted octanol–water partition coefficient (Wildman–Crippen LogP) is 2.89. The molecule has 0 radical (unpaired) electrons. The molecule has 29 heavy (non-hydrogen) atoms. The summed E-state index contributed by atoms with van der Waals surface area (Å²) in [5.41, 5.74) is 0.967. The van der Waals surface area contributed by atoms with E-state index in [4.69, 9.17) is 19.2 Å². The van der Waals surface area contributed by atoms with E-state index < -0.39 is 6.10 Å². The fourth-order valence-electron chi connectivity index (χ4n) is 3.85. The molecule has 3 N–H and O–H groups in total. The molecule has 0 aliphatic heterocycles. The first-order valence-electron chi connectivity index (χ1n) is 10.5. The van der Waals surface area contributed by atoms with Gasteiger partial charge in [0.05, 0.1) is 20.3 Å². The van der Waals surface area contributed by atoms with E-state index in [9.17, 15) is 5.11 Å². The van der Waals surface area contributed by atoms with E-state index in [0.717, 1.165) is 37.6 Å². The standard InChI is InChI=1S/C22H37N3O4/c1-5-23-21(25-16-22(10-11-27-2)8-6-7-9-22)24-15-20(26)17-12-18(28-3)14-19(13-17)29-4/h12-14,20,26H,5-11,15-16H2,1-4H3,(H2,23,24,25). The highest BCUT2D eigenvalue weighted by molar-refractivity contribution is 5.79. The van der Waals surface area contributed by atoms with Gasteiger partial charge in [0, 0.05) is 39.4 Å². The molecule has 0 spiro atoms.